The minimum atomic E-state index is 0.632. The van der Waals surface area contributed by atoms with Gasteiger partial charge in [-0.25, -0.2) is 0 Å². The van der Waals surface area contributed by atoms with Gasteiger partial charge in [0.05, 0.1) is 18.9 Å². The molecular weight excluding hydrogens is 250 g/mol. The second-order valence-electron chi connectivity index (χ2n) is 5.18. The van der Waals surface area contributed by atoms with Crippen molar-refractivity contribution in [1.82, 2.24) is 0 Å². The number of hydrogen-bond donors (Lipinski definition) is 1. The van der Waals surface area contributed by atoms with Gasteiger partial charge in [0.1, 0.15) is 11.5 Å². The van der Waals surface area contributed by atoms with Gasteiger partial charge in [0, 0.05) is 12.8 Å². The van der Waals surface area contributed by atoms with Crippen LogP contribution >= 0.6 is 0 Å². The van der Waals surface area contributed by atoms with E-state index in [0.717, 1.165) is 36.5 Å². The molecule has 0 aromatic heterocycles. The summed E-state index contributed by atoms with van der Waals surface area (Å²) in [5.41, 5.74) is 10.3. The van der Waals surface area contributed by atoms with Gasteiger partial charge < -0.3 is 15.2 Å². The van der Waals surface area contributed by atoms with E-state index in [-0.39, 0.29) is 0 Å². The molecule has 1 heterocycles. The molecule has 0 saturated carbocycles. The van der Waals surface area contributed by atoms with Crippen LogP contribution in [-0.2, 0) is 12.8 Å². The topological polar surface area (TPSA) is 44.5 Å². The van der Waals surface area contributed by atoms with E-state index in [1.165, 1.54) is 11.1 Å². The zero-order valence-electron chi connectivity index (χ0n) is 11.7. The van der Waals surface area contributed by atoms with Crippen molar-refractivity contribution >= 4 is 5.69 Å². The molecular formula is C17H19NO2. The number of fused-ring (bicyclic) bond motifs is 1. The Morgan fingerprint density at radius 1 is 1.20 bits per heavy atom. The van der Waals surface area contributed by atoms with Crippen LogP contribution in [0, 0.1) is 6.92 Å². The summed E-state index contributed by atoms with van der Waals surface area (Å²) >= 11 is 0. The minimum Gasteiger partial charge on any atom is -0.493 e. The molecule has 0 spiro atoms. The zero-order chi connectivity index (χ0) is 13.9. The number of nitrogens with two attached hydrogens (primary N) is 1. The van der Waals surface area contributed by atoms with Gasteiger partial charge in [-0.2, -0.15) is 0 Å². The summed E-state index contributed by atoms with van der Waals surface area (Å²) < 4.78 is 11.3. The first-order valence-electron chi connectivity index (χ1n) is 6.96. The van der Waals surface area contributed by atoms with Crippen LogP contribution in [0.5, 0.6) is 11.5 Å². The fourth-order valence-corrected chi connectivity index (χ4v) is 2.44. The summed E-state index contributed by atoms with van der Waals surface area (Å²) in [5.74, 6) is 1.80. The Labute approximate surface area is 119 Å². The number of hydrogen-bond acceptors (Lipinski definition) is 3. The molecule has 0 fully saturated rings. The van der Waals surface area contributed by atoms with Crippen molar-refractivity contribution in [2.24, 2.45) is 0 Å². The van der Waals surface area contributed by atoms with Crippen molar-refractivity contribution in [3.8, 4) is 11.5 Å². The van der Waals surface area contributed by atoms with Gasteiger partial charge in [0.15, 0.2) is 0 Å². The van der Waals surface area contributed by atoms with Crippen LogP contribution in [0.3, 0.4) is 0 Å². The van der Waals surface area contributed by atoms with E-state index in [9.17, 15) is 0 Å². The van der Waals surface area contributed by atoms with Gasteiger partial charge in [-0.1, -0.05) is 18.2 Å². The monoisotopic (exact) mass is 269 g/mol. The third-order valence-electron chi connectivity index (χ3n) is 3.57. The van der Waals surface area contributed by atoms with E-state index in [1.54, 1.807) is 0 Å². The Morgan fingerprint density at radius 3 is 3.00 bits per heavy atom. The van der Waals surface area contributed by atoms with Crippen LogP contribution in [-0.4, -0.2) is 13.2 Å². The Kier molecular flexibility index (Phi) is 3.50. The van der Waals surface area contributed by atoms with Gasteiger partial charge >= 0.3 is 0 Å². The minimum absolute atomic E-state index is 0.632. The quantitative estimate of drug-likeness (QED) is 0.867. The van der Waals surface area contributed by atoms with Gasteiger partial charge in [0.25, 0.3) is 0 Å². The SMILES string of the molecule is Cc1ccc(N)c(OCCc2ccc3c(c2)CCO3)c1. The van der Waals surface area contributed by atoms with Crippen molar-refractivity contribution in [2.45, 2.75) is 19.8 Å². The third-order valence-corrected chi connectivity index (χ3v) is 3.57. The number of nitrogen functional groups attached to an aromatic ring is 1. The highest BCUT2D eigenvalue weighted by atomic mass is 16.5. The fourth-order valence-electron chi connectivity index (χ4n) is 2.44. The number of anilines is 1. The molecule has 1 aliphatic rings. The van der Waals surface area contributed by atoms with Crippen LogP contribution in [0.1, 0.15) is 16.7 Å². The molecule has 2 aromatic carbocycles. The highest BCUT2D eigenvalue weighted by Gasteiger charge is 2.11. The maximum Gasteiger partial charge on any atom is 0.142 e. The average Bonchev–Trinajstić information content (AvgIpc) is 2.90. The van der Waals surface area contributed by atoms with E-state index in [4.69, 9.17) is 15.2 Å². The average molecular weight is 269 g/mol. The second-order valence-corrected chi connectivity index (χ2v) is 5.18. The molecule has 1 aliphatic heterocycles. The highest BCUT2D eigenvalue weighted by molar-refractivity contribution is 5.53. The van der Waals surface area contributed by atoms with Crippen LogP contribution in [0.25, 0.3) is 0 Å². The third kappa shape index (κ3) is 2.72. The maximum absolute atomic E-state index is 5.90. The van der Waals surface area contributed by atoms with Crippen molar-refractivity contribution in [1.29, 1.82) is 0 Å². The molecule has 0 aliphatic carbocycles. The van der Waals surface area contributed by atoms with E-state index < -0.39 is 0 Å². The van der Waals surface area contributed by atoms with Crippen molar-refractivity contribution in [3.05, 3.63) is 53.1 Å². The first-order valence-corrected chi connectivity index (χ1v) is 6.96. The van der Waals surface area contributed by atoms with Gasteiger partial charge in [0.2, 0.25) is 0 Å². The van der Waals surface area contributed by atoms with Crippen LogP contribution < -0.4 is 15.2 Å². The zero-order valence-corrected chi connectivity index (χ0v) is 11.7. The van der Waals surface area contributed by atoms with Gasteiger partial charge in [-0.05, 0) is 41.8 Å². The molecule has 0 radical (unpaired) electrons. The lowest BCUT2D eigenvalue weighted by Gasteiger charge is -2.10. The van der Waals surface area contributed by atoms with E-state index >= 15 is 0 Å². The molecule has 2 aromatic rings. The van der Waals surface area contributed by atoms with E-state index in [2.05, 4.69) is 18.2 Å². The molecule has 20 heavy (non-hydrogen) atoms. The maximum atomic E-state index is 5.90. The molecule has 2 N–H and O–H groups in total. The van der Waals surface area contributed by atoms with Crippen LogP contribution in [0.4, 0.5) is 5.69 Å². The molecule has 0 saturated heterocycles. The lowest BCUT2D eigenvalue weighted by atomic mass is 10.1. The normalized spacial score (nSPS) is 12.8. The summed E-state index contributed by atoms with van der Waals surface area (Å²) in [5, 5.41) is 0. The smallest absolute Gasteiger partial charge is 0.142 e. The summed E-state index contributed by atoms with van der Waals surface area (Å²) in [6.07, 6.45) is 1.88. The van der Waals surface area contributed by atoms with Crippen molar-refractivity contribution in [3.63, 3.8) is 0 Å². The molecule has 0 amide bonds. The molecule has 0 atom stereocenters. The summed E-state index contributed by atoms with van der Waals surface area (Å²) in [6, 6.07) is 12.2. The predicted molar refractivity (Wildman–Crippen MR) is 80.4 cm³/mol. The first kappa shape index (κ1) is 12.9. The molecule has 0 bridgehead atoms. The number of aryl methyl sites for hydroxylation is 1. The number of rotatable bonds is 4. The Balaban J connectivity index is 1.61. The van der Waals surface area contributed by atoms with Gasteiger partial charge in [-0.15, -0.1) is 0 Å². The van der Waals surface area contributed by atoms with Crippen molar-refractivity contribution < 1.29 is 9.47 Å². The number of ether oxygens (including phenoxy) is 2. The second kappa shape index (κ2) is 5.45. The van der Waals surface area contributed by atoms with Crippen LogP contribution in [0.2, 0.25) is 0 Å². The Bertz CT molecular complexity index is 622. The lowest BCUT2D eigenvalue weighted by molar-refractivity contribution is 0.323. The number of benzene rings is 2. The van der Waals surface area contributed by atoms with E-state index in [0.29, 0.717) is 12.3 Å². The summed E-state index contributed by atoms with van der Waals surface area (Å²) in [4.78, 5) is 0. The molecule has 3 nitrogen and oxygen atoms in total. The molecule has 3 rings (SSSR count). The first-order chi connectivity index (χ1) is 9.72. The predicted octanol–water partition coefficient (Wildman–Crippen LogP) is 3.13. The summed E-state index contributed by atoms with van der Waals surface area (Å²) in [7, 11) is 0. The molecule has 3 heteroatoms. The molecule has 0 unspecified atom stereocenters. The standard InChI is InChI=1S/C17H19NO2/c1-12-2-4-15(18)17(10-12)20-8-6-13-3-5-16-14(11-13)7-9-19-16/h2-5,10-11H,6-9,18H2,1H3. The van der Waals surface area contributed by atoms with Gasteiger partial charge in [-0.3, -0.25) is 0 Å². The Hall–Kier alpha value is -2.16. The van der Waals surface area contributed by atoms with E-state index in [1.807, 2.05) is 25.1 Å². The summed E-state index contributed by atoms with van der Waals surface area (Å²) in [6.45, 7) is 3.47. The fraction of sp³-hybridized carbons (Fsp3) is 0.294. The lowest BCUT2D eigenvalue weighted by Crippen LogP contribution is -2.03. The largest absolute Gasteiger partial charge is 0.493 e. The van der Waals surface area contributed by atoms with Crippen molar-refractivity contribution in [2.75, 3.05) is 18.9 Å². The Morgan fingerprint density at radius 2 is 2.10 bits per heavy atom. The molecule has 104 valence electrons. The highest BCUT2D eigenvalue weighted by Crippen LogP contribution is 2.26. The van der Waals surface area contributed by atoms with Crippen LogP contribution in [0.15, 0.2) is 36.4 Å².